The summed E-state index contributed by atoms with van der Waals surface area (Å²) in [5, 5.41) is 20.2. The van der Waals surface area contributed by atoms with Crippen molar-refractivity contribution < 1.29 is 19.6 Å². The summed E-state index contributed by atoms with van der Waals surface area (Å²) in [5.74, 6) is -0.753. The highest BCUT2D eigenvalue weighted by Crippen LogP contribution is 2.17. The Labute approximate surface area is 114 Å². The number of nitro benzene ring substituents is 1. The lowest BCUT2D eigenvalue weighted by molar-refractivity contribution is -0.384. The van der Waals surface area contributed by atoms with Crippen molar-refractivity contribution in [2.75, 3.05) is 0 Å². The summed E-state index contributed by atoms with van der Waals surface area (Å²) in [7, 11) is 0. The van der Waals surface area contributed by atoms with E-state index in [0.717, 1.165) is 0 Å². The number of hydrogen-bond acceptors (Lipinski definition) is 5. The summed E-state index contributed by atoms with van der Waals surface area (Å²) in [6.45, 7) is 0. The van der Waals surface area contributed by atoms with Crippen molar-refractivity contribution in [2.24, 2.45) is 0 Å². The van der Waals surface area contributed by atoms with E-state index in [1.165, 1.54) is 24.3 Å². The van der Waals surface area contributed by atoms with Gasteiger partial charge in [0.25, 0.3) is 5.69 Å². The molecule has 0 aliphatic rings. The van der Waals surface area contributed by atoms with E-state index in [0.29, 0.717) is 5.56 Å². The van der Waals surface area contributed by atoms with E-state index in [1.807, 2.05) is 0 Å². The number of hydrogen-bond donors (Lipinski definition) is 1. The zero-order valence-electron chi connectivity index (χ0n) is 10.3. The smallest absolute Gasteiger partial charge is 0.340 e. The fraction of sp³-hybridized carbons (Fsp3) is 0.0714. The fourth-order valence-corrected chi connectivity index (χ4v) is 1.57. The van der Waals surface area contributed by atoms with Gasteiger partial charge in [-0.25, -0.2) is 4.79 Å². The van der Waals surface area contributed by atoms with E-state index < -0.39 is 17.2 Å². The van der Waals surface area contributed by atoms with Crippen LogP contribution in [-0.4, -0.2) is 16.0 Å². The van der Waals surface area contributed by atoms with Gasteiger partial charge >= 0.3 is 5.97 Å². The second kappa shape index (κ2) is 5.94. The quantitative estimate of drug-likeness (QED) is 0.400. The van der Waals surface area contributed by atoms with Crippen molar-refractivity contribution in [2.45, 2.75) is 6.29 Å². The molecule has 0 spiro atoms. The van der Waals surface area contributed by atoms with Crippen molar-refractivity contribution in [1.29, 1.82) is 0 Å². The maximum absolute atomic E-state index is 11.8. The van der Waals surface area contributed by atoms with Gasteiger partial charge in [-0.2, -0.15) is 0 Å². The summed E-state index contributed by atoms with van der Waals surface area (Å²) in [4.78, 5) is 21.7. The Morgan fingerprint density at radius 3 is 2.25 bits per heavy atom. The Hall–Kier alpha value is -2.73. The lowest BCUT2D eigenvalue weighted by Crippen LogP contribution is -2.11. The van der Waals surface area contributed by atoms with Gasteiger partial charge in [0, 0.05) is 17.7 Å². The Kier molecular flexibility index (Phi) is 4.07. The van der Waals surface area contributed by atoms with Gasteiger partial charge < -0.3 is 9.84 Å². The number of aliphatic hydroxyl groups is 1. The molecule has 0 saturated heterocycles. The van der Waals surface area contributed by atoms with E-state index in [1.54, 1.807) is 30.3 Å². The van der Waals surface area contributed by atoms with Gasteiger partial charge in [0.15, 0.2) is 0 Å². The van der Waals surface area contributed by atoms with Crippen molar-refractivity contribution >= 4 is 11.7 Å². The highest BCUT2D eigenvalue weighted by Gasteiger charge is 2.16. The molecule has 0 heterocycles. The number of carbonyl (C=O) groups is 1. The zero-order valence-corrected chi connectivity index (χ0v) is 10.3. The number of carbonyl (C=O) groups excluding carboxylic acids is 1. The molecule has 2 aromatic rings. The Morgan fingerprint density at radius 1 is 1.10 bits per heavy atom. The summed E-state index contributed by atoms with van der Waals surface area (Å²) in [6.07, 6.45) is -1.38. The van der Waals surface area contributed by atoms with E-state index in [4.69, 9.17) is 4.74 Å². The molecule has 6 heteroatoms. The van der Waals surface area contributed by atoms with Gasteiger partial charge in [-0.3, -0.25) is 10.1 Å². The van der Waals surface area contributed by atoms with Gasteiger partial charge in [-0.1, -0.05) is 30.3 Å². The molecule has 0 aliphatic heterocycles. The Morgan fingerprint density at radius 2 is 1.70 bits per heavy atom. The average molecular weight is 273 g/mol. The fourth-order valence-electron chi connectivity index (χ4n) is 1.57. The first-order valence-electron chi connectivity index (χ1n) is 5.76. The molecule has 0 aromatic heterocycles. The van der Waals surface area contributed by atoms with Gasteiger partial charge in [0.05, 0.1) is 10.5 Å². The molecule has 0 amide bonds. The van der Waals surface area contributed by atoms with Crippen LogP contribution in [0, 0.1) is 10.1 Å². The molecule has 102 valence electrons. The van der Waals surface area contributed by atoms with Crippen LogP contribution < -0.4 is 0 Å². The van der Waals surface area contributed by atoms with Crippen LogP contribution in [0.3, 0.4) is 0 Å². The van der Waals surface area contributed by atoms with Crippen LogP contribution in [0.15, 0.2) is 54.6 Å². The minimum absolute atomic E-state index is 0.120. The molecule has 1 unspecified atom stereocenters. The molecular weight excluding hydrogens is 262 g/mol. The normalized spacial score (nSPS) is 11.7. The van der Waals surface area contributed by atoms with Crippen LogP contribution >= 0.6 is 0 Å². The number of nitrogens with zero attached hydrogens (tertiary/aromatic N) is 1. The summed E-state index contributed by atoms with van der Waals surface area (Å²) < 4.78 is 4.87. The maximum atomic E-state index is 11.8. The topological polar surface area (TPSA) is 89.7 Å². The molecule has 0 radical (unpaired) electrons. The molecule has 1 N–H and O–H groups in total. The molecule has 0 aliphatic carbocycles. The molecule has 1 atom stereocenters. The monoisotopic (exact) mass is 273 g/mol. The SMILES string of the molecule is O=C(OC(O)c1ccccc1)c1ccc([N+](=O)[O-])cc1. The van der Waals surface area contributed by atoms with Crippen molar-refractivity contribution in [1.82, 2.24) is 0 Å². The lowest BCUT2D eigenvalue weighted by atomic mass is 10.2. The molecule has 2 aromatic carbocycles. The highest BCUT2D eigenvalue weighted by atomic mass is 16.6. The molecule has 20 heavy (non-hydrogen) atoms. The predicted molar refractivity (Wildman–Crippen MR) is 69.9 cm³/mol. The van der Waals surface area contributed by atoms with Gasteiger partial charge in [0.2, 0.25) is 6.29 Å². The first kappa shape index (κ1) is 13.7. The Balaban J connectivity index is 2.06. The molecule has 0 bridgehead atoms. The highest BCUT2D eigenvalue weighted by molar-refractivity contribution is 5.89. The van der Waals surface area contributed by atoms with Gasteiger partial charge in [-0.05, 0) is 12.1 Å². The van der Waals surface area contributed by atoms with Crippen LogP contribution in [0.1, 0.15) is 22.2 Å². The van der Waals surface area contributed by atoms with E-state index in [-0.39, 0.29) is 11.3 Å². The van der Waals surface area contributed by atoms with E-state index in [9.17, 15) is 20.0 Å². The first-order chi connectivity index (χ1) is 9.58. The van der Waals surface area contributed by atoms with E-state index in [2.05, 4.69) is 0 Å². The van der Waals surface area contributed by atoms with Crippen LogP contribution in [0.5, 0.6) is 0 Å². The van der Waals surface area contributed by atoms with Gasteiger partial charge in [0.1, 0.15) is 0 Å². The van der Waals surface area contributed by atoms with E-state index >= 15 is 0 Å². The lowest BCUT2D eigenvalue weighted by Gasteiger charge is -2.12. The summed E-state index contributed by atoms with van der Waals surface area (Å²) in [6, 6.07) is 13.4. The Bertz CT molecular complexity index is 609. The number of non-ortho nitro benzene ring substituents is 1. The second-order valence-corrected chi connectivity index (χ2v) is 3.97. The second-order valence-electron chi connectivity index (χ2n) is 3.97. The number of nitro groups is 1. The van der Waals surface area contributed by atoms with Crippen LogP contribution in [0.4, 0.5) is 5.69 Å². The maximum Gasteiger partial charge on any atom is 0.340 e. The standard InChI is InChI=1S/C14H11NO5/c16-13(10-4-2-1-3-5-10)20-14(17)11-6-8-12(9-7-11)15(18)19/h1-9,13,16H. The third kappa shape index (κ3) is 3.18. The van der Waals surface area contributed by atoms with Crippen molar-refractivity contribution in [3.63, 3.8) is 0 Å². The minimum atomic E-state index is -1.38. The molecular formula is C14H11NO5. The number of rotatable bonds is 4. The minimum Gasteiger partial charge on any atom is -0.428 e. The zero-order chi connectivity index (χ0) is 14.5. The van der Waals surface area contributed by atoms with Crippen LogP contribution in [-0.2, 0) is 4.74 Å². The largest absolute Gasteiger partial charge is 0.428 e. The molecule has 0 saturated carbocycles. The molecule has 2 rings (SSSR count). The number of benzene rings is 2. The summed E-state index contributed by atoms with van der Waals surface area (Å²) in [5.41, 5.74) is 0.457. The summed E-state index contributed by atoms with van der Waals surface area (Å²) >= 11 is 0. The van der Waals surface area contributed by atoms with Crippen molar-refractivity contribution in [3.8, 4) is 0 Å². The number of ether oxygens (including phenoxy) is 1. The number of aliphatic hydroxyl groups excluding tert-OH is 1. The third-order valence-corrected chi connectivity index (χ3v) is 2.62. The average Bonchev–Trinajstić information content (AvgIpc) is 2.48. The number of esters is 1. The molecule has 6 nitrogen and oxygen atoms in total. The third-order valence-electron chi connectivity index (χ3n) is 2.62. The van der Waals surface area contributed by atoms with Crippen LogP contribution in [0.25, 0.3) is 0 Å². The van der Waals surface area contributed by atoms with Gasteiger partial charge in [-0.15, -0.1) is 0 Å². The molecule has 0 fully saturated rings. The van der Waals surface area contributed by atoms with Crippen molar-refractivity contribution in [3.05, 3.63) is 75.8 Å². The first-order valence-corrected chi connectivity index (χ1v) is 5.76. The predicted octanol–water partition coefficient (Wildman–Crippen LogP) is 2.44. The van der Waals surface area contributed by atoms with Crippen LogP contribution in [0.2, 0.25) is 0 Å².